The third-order valence-electron chi connectivity index (χ3n) is 5.45. The summed E-state index contributed by atoms with van der Waals surface area (Å²) in [7, 11) is 1.64. The molecule has 0 bridgehead atoms. The second kappa shape index (κ2) is 9.11. The number of aryl methyl sites for hydroxylation is 1. The van der Waals surface area contributed by atoms with E-state index in [9.17, 15) is 4.79 Å². The molecule has 1 aromatic heterocycles. The predicted octanol–water partition coefficient (Wildman–Crippen LogP) is 2.56. The molecule has 0 saturated carbocycles. The van der Waals surface area contributed by atoms with Crippen molar-refractivity contribution < 1.29 is 9.53 Å². The predicted molar refractivity (Wildman–Crippen MR) is 119 cm³/mol. The van der Waals surface area contributed by atoms with E-state index in [0.29, 0.717) is 6.42 Å². The smallest absolute Gasteiger partial charge is 0.258 e. The van der Waals surface area contributed by atoms with Gasteiger partial charge in [-0.1, -0.05) is 36.4 Å². The number of aromatic nitrogens is 2. The van der Waals surface area contributed by atoms with Gasteiger partial charge >= 0.3 is 0 Å². The van der Waals surface area contributed by atoms with Crippen molar-refractivity contribution in [2.45, 2.75) is 32.4 Å². The lowest BCUT2D eigenvalue weighted by molar-refractivity contribution is -0.122. The number of hydrogen-bond acceptors (Lipinski definition) is 6. The van der Waals surface area contributed by atoms with Crippen molar-refractivity contribution in [1.29, 1.82) is 0 Å². The summed E-state index contributed by atoms with van der Waals surface area (Å²) >= 11 is 0. The molecule has 3 N–H and O–H groups in total. The average molecular weight is 419 g/mol. The van der Waals surface area contributed by atoms with E-state index in [2.05, 4.69) is 26.5 Å². The summed E-state index contributed by atoms with van der Waals surface area (Å²) in [5.41, 5.74) is 13.5. The summed E-state index contributed by atoms with van der Waals surface area (Å²) in [4.78, 5) is 12.6. The number of hydrazine groups is 1. The van der Waals surface area contributed by atoms with Gasteiger partial charge in [0, 0.05) is 11.1 Å². The van der Waals surface area contributed by atoms with Gasteiger partial charge in [0.05, 0.1) is 36.4 Å². The van der Waals surface area contributed by atoms with Crippen LogP contribution in [0.3, 0.4) is 0 Å². The van der Waals surface area contributed by atoms with Crippen LogP contribution in [0.25, 0.3) is 5.69 Å². The van der Waals surface area contributed by atoms with Crippen molar-refractivity contribution in [2.75, 3.05) is 7.11 Å². The highest BCUT2D eigenvalue weighted by atomic mass is 16.5. The Morgan fingerprint density at radius 2 is 1.90 bits per heavy atom. The standard InChI is InChI=1S/C23H26N6O2/c1-15-19(16(2)29(28-15)17-9-5-4-6-10-17)14-24-27-23(30)21-13-20(25-26-21)18-11-7-8-12-22(18)31-3/h4-12,14,20-21,25-26H,13H2,1-3H3,(H,27,30)/b24-14+. The summed E-state index contributed by atoms with van der Waals surface area (Å²) in [5.74, 6) is 0.592. The molecular weight excluding hydrogens is 392 g/mol. The molecule has 1 aliphatic heterocycles. The molecule has 2 heterocycles. The van der Waals surface area contributed by atoms with Gasteiger partial charge in [-0.3, -0.25) is 4.79 Å². The molecule has 160 valence electrons. The largest absolute Gasteiger partial charge is 0.496 e. The highest BCUT2D eigenvalue weighted by molar-refractivity contribution is 5.86. The van der Waals surface area contributed by atoms with E-state index in [1.807, 2.05) is 73.1 Å². The van der Waals surface area contributed by atoms with Crippen molar-refractivity contribution in [3.63, 3.8) is 0 Å². The van der Waals surface area contributed by atoms with E-state index in [1.165, 1.54) is 0 Å². The number of nitrogens with one attached hydrogen (secondary N) is 3. The fourth-order valence-corrected chi connectivity index (χ4v) is 3.79. The van der Waals surface area contributed by atoms with Gasteiger partial charge in [-0.15, -0.1) is 0 Å². The number of para-hydroxylation sites is 2. The van der Waals surface area contributed by atoms with Crippen molar-refractivity contribution in [3.8, 4) is 11.4 Å². The zero-order valence-electron chi connectivity index (χ0n) is 17.8. The molecule has 1 amide bonds. The molecular formula is C23H26N6O2. The number of ether oxygens (including phenoxy) is 1. The average Bonchev–Trinajstić information content (AvgIpc) is 3.40. The lowest BCUT2D eigenvalue weighted by Gasteiger charge is -2.13. The van der Waals surface area contributed by atoms with Gasteiger partial charge in [-0.25, -0.2) is 21.0 Å². The van der Waals surface area contributed by atoms with Gasteiger partial charge in [-0.05, 0) is 38.5 Å². The summed E-state index contributed by atoms with van der Waals surface area (Å²) in [6.07, 6.45) is 2.24. The Labute approximate surface area is 181 Å². The van der Waals surface area contributed by atoms with E-state index >= 15 is 0 Å². The minimum Gasteiger partial charge on any atom is -0.496 e. The number of nitrogens with zero attached hydrogens (tertiary/aromatic N) is 3. The van der Waals surface area contributed by atoms with Crippen LogP contribution in [-0.4, -0.2) is 35.1 Å². The van der Waals surface area contributed by atoms with Crippen LogP contribution < -0.4 is 21.0 Å². The summed E-state index contributed by atoms with van der Waals surface area (Å²) in [6.45, 7) is 3.91. The Bertz CT molecular complexity index is 1090. The van der Waals surface area contributed by atoms with Crippen LogP contribution in [0.5, 0.6) is 5.75 Å². The Hall–Kier alpha value is -3.49. The molecule has 4 rings (SSSR count). The molecule has 0 spiro atoms. The summed E-state index contributed by atoms with van der Waals surface area (Å²) < 4.78 is 7.30. The Morgan fingerprint density at radius 1 is 1.16 bits per heavy atom. The molecule has 31 heavy (non-hydrogen) atoms. The van der Waals surface area contributed by atoms with Gasteiger partial charge in [-0.2, -0.15) is 10.2 Å². The van der Waals surface area contributed by atoms with E-state index in [0.717, 1.165) is 34.0 Å². The minimum absolute atomic E-state index is 0.0236. The molecule has 2 atom stereocenters. The zero-order chi connectivity index (χ0) is 21.8. The number of amides is 1. The molecule has 1 fully saturated rings. The quantitative estimate of drug-likeness (QED) is 0.423. The first kappa shape index (κ1) is 20.8. The third kappa shape index (κ3) is 4.35. The minimum atomic E-state index is -0.402. The molecule has 2 aromatic carbocycles. The number of carbonyl (C=O) groups is 1. The first-order valence-corrected chi connectivity index (χ1v) is 10.2. The maximum Gasteiger partial charge on any atom is 0.258 e. The van der Waals surface area contributed by atoms with Crippen molar-refractivity contribution in [1.82, 2.24) is 26.1 Å². The fraction of sp³-hybridized carbons (Fsp3) is 0.261. The van der Waals surface area contributed by atoms with Crippen molar-refractivity contribution in [2.24, 2.45) is 5.10 Å². The van der Waals surface area contributed by atoms with Crippen LogP contribution >= 0.6 is 0 Å². The SMILES string of the molecule is COc1ccccc1C1CC(C(=O)N/N=C/c2c(C)nn(-c3ccccc3)c2C)NN1. The first-order valence-electron chi connectivity index (χ1n) is 10.2. The summed E-state index contributed by atoms with van der Waals surface area (Å²) in [6, 6.07) is 17.3. The van der Waals surface area contributed by atoms with Gasteiger partial charge in [0.1, 0.15) is 11.8 Å². The van der Waals surface area contributed by atoms with Gasteiger partial charge in [0.15, 0.2) is 0 Å². The third-order valence-corrected chi connectivity index (χ3v) is 5.45. The fourth-order valence-electron chi connectivity index (χ4n) is 3.79. The molecule has 2 unspecified atom stereocenters. The molecule has 8 nitrogen and oxygen atoms in total. The lowest BCUT2D eigenvalue weighted by atomic mass is 10.0. The zero-order valence-corrected chi connectivity index (χ0v) is 17.8. The number of hydrazone groups is 1. The summed E-state index contributed by atoms with van der Waals surface area (Å²) in [5, 5.41) is 8.77. The van der Waals surface area contributed by atoms with E-state index in [1.54, 1.807) is 13.3 Å². The van der Waals surface area contributed by atoms with Crippen LogP contribution in [0.1, 0.15) is 35.0 Å². The Morgan fingerprint density at radius 3 is 2.68 bits per heavy atom. The van der Waals surface area contributed by atoms with Crippen molar-refractivity contribution >= 4 is 12.1 Å². The Balaban J connectivity index is 1.40. The van der Waals surface area contributed by atoms with E-state index < -0.39 is 6.04 Å². The molecule has 0 aliphatic carbocycles. The number of carbonyl (C=O) groups excluding carboxylic acids is 1. The number of methoxy groups -OCH3 is 1. The normalized spacial score (nSPS) is 18.4. The van der Waals surface area contributed by atoms with E-state index in [-0.39, 0.29) is 11.9 Å². The molecule has 3 aromatic rings. The maximum absolute atomic E-state index is 12.6. The van der Waals surface area contributed by atoms with Crippen molar-refractivity contribution in [3.05, 3.63) is 77.1 Å². The van der Waals surface area contributed by atoms with Gasteiger partial charge < -0.3 is 4.74 Å². The monoisotopic (exact) mass is 418 g/mol. The highest BCUT2D eigenvalue weighted by Crippen LogP contribution is 2.29. The molecule has 1 saturated heterocycles. The highest BCUT2D eigenvalue weighted by Gasteiger charge is 2.31. The number of hydrogen-bond donors (Lipinski definition) is 3. The van der Waals surface area contributed by atoms with Gasteiger partial charge in [0.25, 0.3) is 5.91 Å². The van der Waals surface area contributed by atoms with Crippen LogP contribution in [0.2, 0.25) is 0 Å². The van der Waals surface area contributed by atoms with Crippen LogP contribution in [0, 0.1) is 13.8 Å². The second-order valence-corrected chi connectivity index (χ2v) is 7.44. The second-order valence-electron chi connectivity index (χ2n) is 7.44. The molecule has 8 heteroatoms. The van der Waals surface area contributed by atoms with Crippen LogP contribution in [-0.2, 0) is 4.79 Å². The first-order chi connectivity index (χ1) is 15.1. The van der Waals surface area contributed by atoms with E-state index in [4.69, 9.17) is 4.74 Å². The lowest BCUT2D eigenvalue weighted by Crippen LogP contribution is -2.41. The maximum atomic E-state index is 12.6. The Kier molecular flexibility index (Phi) is 6.11. The topological polar surface area (TPSA) is 92.6 Å². The number of benzene rings is 2. The van der Waals surface area contributed by atoms with Crippen LogP contribution in [0.4, 0.5) is 0 Å². The molecule has 0 radical (unpaired) electrons. The molecule has 1 aliphatic rings. The van der Waals surface area contributed by atoms with Gasteiger partial charge in [0.2, 0.25) is 0 Å². The number of rotatable bonds is 6. The van der Waals surface area contributed by atoms with Crippen LogP contribution in [0.15, 0.2) is 59.7 Å².